The molecule has 0 aromatic rings. The Balaban J connectivity index is 2.08. The van der Waals surface area contributed by atoms with E-state index in [9.17, 15) is 9.59 Å². The first-order chi connectivity index (χ1) is 7.59. The average Bonchev–Trinajstić information content (AvgIpc) is 2.25. The van der Waals surface area contributed by atoms with Crippen LogP contribution in [0.15, 0.2) is 0 Å². The molecule has 1 amide bonds. The molecule has 1 rings (SSSR count). The first-order valence-electron chi connectivity index (χ1n) is 5.72. The molecule has 1 saturated carbocycles. The Kier molecular flexibility index (Phi) is 5.66. The lowest BCUT2D eigenvalue weighted by molar-refractivity contribution is -0.142. The van der Waals surface area contributed by atoms with Gasteiger partial charge in [0.05, 0.1) is 5.92 Å². The summed E-state index contributed by atoms with van der Waals surface area (Å²) in [5, 5.41) is 9.41. The molecule has 0 aromatic carbocycles. The Bertz CT molecular complexity index is 250. The summed E-state index contributed by atoms with van der Waals surface area (Å²) in [6.45, 7) is 0. The molecule has 1 aliphatic rings. The van der Waals surface area contributed by atoms with Crippen LogP contribution in [0.2, 0.25) is 0 Å². The molecule has 0 atom stereocenters. The molecule has 0 heterocycles. The van der Waals surface area contributed by atoms with Crippen molar-refractivity contribution in [2.24, 2.45) is 11.7 Å². The fourth-order valence-electron chi connectivity index (χ4n) is 1.97. The second-order valence-corrected chi connectivity index (χ2v) is 5.66. The van der Waals surface area contributed by atoms with Gasteiger partial charge in [0, 0.05) is 11.7 Å². The molecular weight excluding hydrogens is 226 g/mol. The van der Waals surface area contributed by atoms with Gasteiger partial charge in [0.2, 0.25) is 5.91 Å². The van der Waals surface area contributed by atoms with Crippen LogP contribution < -0.4 is 5.73 Å². The highest BCUT2D eigenvalue weighted by Gasteiger charge is 2.25. The summed E-state index contributed by atoms with van der Waals surface area (Å²) in [6.07, 6.45) is 4.85. The van der Waals surface area contributed by atoms with Crippen molar-refractivity contribution in [2.75, 3.05) is 5.75 Å². The van der Waals surface area contributed by atoms with Crippen molar-refractivity contribution in [1.82, 2.24) is 0 Å². The Morgan fingerprint density at radius 1 is 1.25 bits per heavy atom. The second kappa shape index (κ2) is 6.78. The minimum Gasteiger partial charge on any atom is -0.481 e. The Hall–Kier alpha value is -0.710. The van der Waals surface area contributed by atoms with Crippen LogP contribution in [0.5, 0.6) is 0 Å². The molecular formula is C11H19NO3S. The highest BCUT2D eigenvalue weighted by molar-refractivity contribution is 7.99. The zero-order valence-electron chi connectivity index (χ0n) is 9.35. The number of rotatable bonds is 6. The number of carbonyl (C=O) groups excluding carboxylic acids is 1. The molecule has 0 aromatic heterocycles. The summed E-state index contributed by atoms with van der Waals surface area (Å²) in [5.74, 6) is -0.0828. The molecule has 0 unspecified atom stereocenters. The van der Waals surface area contributed by atoms with E-state index in [1.165, 1.54) is 0 Å². The predicted octanol–water partition coefficient (Wildman–Crippen LogP) is 1.63. The molecule has 0 aliphatic heterocycles. The second-order valence-electron chi connectivity index (χ2n) is 4.25. The monoisotopic (exact) mass is 245 g/mol. The fraction of sp³-hybridized carbons (Fsp3) is 0.818. The maximum atomic E-state index is 10.7. The normalized spacial score (nSPS) is 25.2. The molecule has 0 spiro atoms. The summed E-state index contributed by atoms with van der Waals surface area (Å²) in [4.78, 5) is 21.3. The van der Waals surface area contributed by atoms with Crippen LogP contribution in [0.25, 0.3) is 0 Å². The molecule has 4 nitrogen and oxygen atoms in total. The summed E-state index contributed by atoms with van der Waals surface area (Å²) in [5.41, 5.74) is 5.05. The summed E-state index contributed by atoms with van der Waals surface area (Å²) in [6, 6.07) is 0. The van der Waals surface area contributed by atoms with Gasteiger partial charge in [0.1, 0.15) is 0 Å². The quantitative estimate of drug-likeness (QED) is 0.697. The number of carboxylic acids is 1. The number of hydrogen-bond donors (Lipinski definition) is 2. The highest BCUT2D eigenvalue weighted by Crippen LogP contribution is 2.32. The van der Waals surface area contributed by atoms with Crippen LogP contribution in [-0.2, 0) is 9.59 Å². The topological polar surface area (TPSA) is 80.4 Å². The lowest BCUT2D eigenvalue weighted by atomic mass is 9.89. The van der Waals surface area contributed by atoms with E-state index in [2.05, 4.69) is 0 Å². The van der Waals surface area contributed by atoms with Gasteiger partial charge >= 0.3 is 5.97 Å². The maximum absolute atomic E-state index is 10.7. The lowest BCUT2D eigenvalue weighted by Gasteiger charge is -2.25. The first kappa shape index (κ1) is 13.4. The van der Waals surface area contributed by atoms with E-state index in [1.807, 2.05) is 11.8 Å². The van der Waals surface area contributed by atoms with Crippen LogP contribution in [0.3, 0.4) is 0 Å². The summed E-state index contributed by atoms with van der Waals surface area (Å²) < 4.78 is 0. The number of hydrogen-bond acceptors (Lipinski definition) is 3. The molecule has 0 saturated heterocycles. The number of carboxylic acid groups (broad SMARTS) is 1. The van der Waals surface area contributed by atoms with Crippen LogP contribution in [0.4, 0.5) is 0 Å². The van der Waals surface area contributed by atoms with Crippen LogP contribution in [0, 0.1) is 5.92 Å². The maximum Gasteiger partial charge on any atom is 0.306 e. The standard InChI is InChI=1S/C11H19NO3S/c12-10(13)2-1-7-16-9-5-3-8(4-6-9)11(14)15/h8-9H,1-7H2,(H2,12,13)(H,14,15). The van der Waals surface area contributed by atoms with Crippen molar-refractivity contribution in [3.63, 3.8) is 0 Å². The molecule has 0 radical (unpaired) electrons. The van der Waals surface area contributed by atoms with Gasteiger partial charge in [0.25, 0.3) is 0 Å². The van der Waals surface area contributed by atoms with Crippen molar-refractivity contribution < 1.29 is 14.7 Å². The molecule has 3 N–H and O–H groups in total. The van der Waals surface area contributed by atoms with E-state index in [0.29, 0.717) is 11.7 Å². The number of nitrogens with two attached hydrogens (primary N) is 1. The van der Waals surface area contributed by atoms with Crippen molar-refractivity contribution in [3.8, 4) is 0 Å². The van der Waals surface area contributed by atoms with Gasteiger partial charge in [-0.2, -0.15) is 11.8 Å². The van der Waals surface area contributed by atoms with Crippen molar-refractivity contribution in [3.05, 3.63) is 0 Å². The third-order valence-electron chi connectivity index (χ3n) is 2.94. The van der Waals surface area contributed by atoms with E-state index in [4.69, 9.17) is 10.8 Å². The number of primary amides is 1. The van der Waals surface area contributed by atoms with Gasteiger partial charge in [-0.25, -0.2) is 0 Å². The van der Waals surface area contributed by atoms with E-state index < -0.39 is 5.97 Å². The van der Waals surface area contributed by atoms with Crippen molar-refractivity contribution >= 4 is 23.6 Å². The van der Waals surface area contributed by atoms with Crippen LogP contribution in [-0.4, -0.2) is 28.0 Å². The third-order valence-corrected chi connectivity index (χ3v) is 4.41. The van der Waals surface area contributed by atoms with Crippen molar-refractivity contribution in [2.45, 2.75) is 43.8 Å². The average molecular weight is 245 g/mol. The molecule has 1 fully saturated rings. The van der Waals surface area contributed by atoms with Crippen LogP contribution >= 0.6 is 11.8 Å². The molecule has 1 aliphatic carbocycles. The highest BCUT2D eigenvalue weighted by atomic mass is 32.2. The van der Waals surface area contributed by atoms with Gasteiger partial charge in [-0.15, -0.1) is 0 Å². The zero-order chi connectivity index (χ0) is 12.0. The molecule has 92 valence electrons. The largest absolute Gasteiger partial charge is 0.481 e. The van der Waals surface area contributed by atoms with Crippen LogP contribution in [0.1, 0.15) is 38.5 Å². The first-order valence-corrected chi connectivity index (χ1v) is 6.77. The Morgan fingerprint density at radius 3 is 2.38 bits per heavy atom. The number of aliphatic carboxylic acids is 1. The number of amides is 1. The number of thioether (sulfide) groups is 1. The van der Waals surface area contributed by atoms with Crippen molar-refractivity contribution in [1.29, 1.82) is 0 Å². The Labute approximate surface area is 100.0 Å². The summed E-state index contributed by atoms with van der Waals surface area (Å²) in [7, 11) is 0. The van der Waals surface area contributed by atoms with Gasteiger partial charge in [0.15, 0.2) is 0 Å². The molecule has 5 heteroatoms. The number of carbonyl (C=O) groups is 2. The lowest BCUT2D eigenvalue weighted by Crippen LogP contribution is -2.22. The smallest absolute Gasteiger partial charge is 0.306 e. The van der Waals surface area contributed by atoms with E-state index in [0.717, 1.165) is 37.9 Å². The molecule has 0 bridgehead atoms. The minimum atomic E-state index is -0.655. The fourth-order valence-corrected chi connectivity index (χ4v) is 3.22. The Morgan fingerprint density at radius 2 is 1.88 bits per heavy atom. The van der Waals surface area contributed by atoms with Gasteiger partial charge in [-0.1, -0.05) is 0 Å². The van der Waals surface area contributed by atoms with E-state index in [-0.39, 0.29) is 11.8 Å². The van der Waals surface area contributed by atoms with E-state index in [1.54, 1.807) is 0 Å². The van der Waals surface area contributed by atoms with E-state index >= 15 is 0 Å². The summed E-state index contributed by atoms with van der Waals surface area (Å²) >= 11 is 1.85. The van der Waals surface area contributed by atoms with Gasteiger partial charge < -0.3 is 10.8 Å². The van der Waals surface area contributed by atoms with Gasteiger partial charge in [-0.3, -0.25) is 9.59 Å². The molecule has 16 heavy (non-hydrogen) atoms. The predicted molar refractivity (Wildman–Crippen MR) is 64.3 cm³/mol. The minimum absolute atomic E-state index is 0.137. The SMILES string of the molecule is NC(=O)CCCSC1CCC(C(=O)O)CC1. The third kappa shape index (κ3) is 4.88. The van der Waals surface area contributed by atoms with Gasteiger partial charge in [-0.05, 0) is 37.9 Å². The zero-order valence-corrected chi connectivity index (χ0v) is 10.2.